The highest BCUT2D eigenvalue weighted by Crippen LogP contribution is 2.34. The summed E-state index contributed by atoms with van der Waals surface area (Å²) in [4.78, 5) is 5.77. The van der Waals surface area contributed by atoms with Crippen LogP contribution in [-0.4, -0.2) is 10.8 Å². The van der Waals surface area contributed by atoms with Gasteiger partial charge in [-0.2, -0.15) is 0 Å². The summed E-state index contributed by atoms with van der Waals surface area (Å²) in [5.74, 6) is 0.943. The van der Waals surface area contributed by atoms with Crippen molar-refractivity contribution in [1.82, 2.24) is 4.98 Å². The minimum absolute atomic E-state index is 0.0783. The van der Waals surface area contributed by atoms with E-state index >= 15 is 0 Å². The van der Waals surface area contributed by atoms with Crippen molar-refractivity contribution < 1.29 is 4.42 Å². The molecule has 0 saturated heterocycles. The van der Waals surface area contributed by atoms with E-state index in [1.54, 1.807) is 6.26 Å². The molecule has 3 N–H and O–H groups in total. The predicted octanol–water partition coefficient (Wildman–Crippen LogP) is 3.30. The molecular weight excluding hydrogens is 270 g/mol. The molecule has 0 atom stereocenters. The van der Waals surface area contributed by atoms with E-state index in [4.69, 9.17) is 20.5 Å². The Morgan fingerprint density at radius 2 is 2.20 bits per heavy atom. The van der Waals surface area contributed by atoms with Crippen LogP contribution in [0.25, 0.3) is 0 Å². The first kappa shape index (κ1) is 13.2. The fourth-order valence-electron chi connectivity index (χ4n) is 2.47. The third kappa shape index (κ3) is 2.45. The molecular formula is C15H17N3OS. The molecule has 2 heterocycles. The molecule has 0 aliphatic heterocycles. The average molecular weight is 287 g/mol. The molecule has 2 aromatic rings. The fourth-order valence-corrected chi connectivity index (χ4v) is 3.43. The van der Waals surface area contributed by atoms with E-state index < -0.39 is 0 Å². The molecule has 0 spiro atoms. The van der Waals surface area contributed by atoms with Crippen LogP contribution in [-0.2, 0) is 12.8 Å². The Morgan fingerprint density at radius 1 is 1.40 bits per heavy atom. The molecule has 0 unspecified atom stereocenters. The molecule has 104 valence electrons. The van der Waals surface area contributed by atoms with Gasteiger partial charge in [0.25, 0.3) is 0 Å². The lowest BCUT2D eigenvalue weighted by atomic mass is 9.95. The molecule has 1 aliphatic rings. The second kappa shape index (κ2) is 5.32. The van der Waals surface area contributed by atoms with E-state index in [9.17, 15) is 0 Å². The Balaban J connectivity index is 2.04. The Labute approximate surface area is 122 Å². The van der Waals surface area contributed by atoms with Gasteiger partial charge in [-0.3, -0.25) is 5.41 Å². The van der Waals surface area contributed by atoms with Gasteiger partial charge in [-0.25, -0.2) is 4.98 Å². The molecule has 5 heteroatoms. The van der Waals surface area contributed by atoms with E-state index in [-0.39, 0.29) is 5.84 Å². The lowest BCUT2D eigenvalue weighted by Gasteiger charge is -2.18. The van der Waals surface area contributed by atoms with Gasteiger partial charge in [-0.15, -0.1) is 0 Å². The van der Waals surface area contributed by atoms with Crippen LogP contribution in [0.1, 0.15) is 35.4 Å². The molecule has 0 saturated carbocycles. The van der Waals surface area contributed by atoms with Crippen molar-refractivity contribution in [2.45, 2.75) is 42.5 Å². The normalized spacial score (nSPS) is 14.1. The van der Waals surface area contributed by atoms with Crippen LogP contribution >= 0.6 is 11.8 Å². The maximum atomic E-state index is 7.78. The Bertz CT molecular complexity index is 663. The van der Waals surface area contributed by atoms with Crippen molar-refractivity contribution in [1.29, 1.82) is 5.41 Å². The quantitative estimate of drug-likeness (QED) is 0.671. The largest absolute Gasteiger partial charge is 0.468 e. The molecule has 0 amide bonds. The number of hydrogen-bond donors (Lipinski definition) is 2. The maximum Gasteiger partial charge on any atom is 0.125 e. The first-order chi connectivity index (χ1) is 9.65. The number of fused-ring (bicyclic) bond motifs is 1. The summed E-state index contributed by atoms with van der Waals surface area (Å²) in [6, 6.07) is 3.96. The minimum Gasteiger partial charge on any atom is -0.468 e. The number of nitrogens with zero attached hydrogens (tertiary/aromatic N) is 1. The van der Waals surface area contributed by atoms with Gasteiger partial charge in [0.05, 0.1) is 11.2 Å². The van der Waals surface area contributed by atoms with Crippen molar-refractivity contribution >= 4 is 17.6 Å². The number of aryl methyl sites for hydroxylation is 3. The highest BCUT2D eigenvalue weighted by molar-refractivity contribution is 7.99. The summed E-state index contributed by atoms with van der Waals surface area (Å²) in [5.41, 5.74) is 8.86. The van der Waals surface area contributed by atoms with Crippen LogP contribution in [0, 0.1) is 12.3 Å². The monoisotopic (exact) mass is 287 g/mol. The number of hydrogen-bond acceptors (Lipinski definition) is 4. The van der Waals surface area contributed by atoms with Gasteiger partial charge in [-0.1, -0.05) is 11.8 Å². The number of rotatable bonds is 3. The van der Waals surface area contributed by atoms with Gasteiger partial charge >= 0.3 is 0 Å². The van der Waals surface area contributed by atoms with Crippen molar-refractivity contribution in [2.24, 2.45) is 5.73 Å². The van der Waals surface area contributed by atoms with Crippen LogP contribution < -0.4 is 5.73 Å². The number of nitrogens with two attached hydrogens (primary N) is 1. The number of nitrogens with one attached hydrogen (secondary N) is 1. The van der Waals surface area contributed by atoms with Crippen LogP contribution in [0.5, 0.6) is 0 Å². The van der Waals surface area contributed by atoms with Gasteiger partial charge in [-0.05, 0) is 50.3 Å². The van der Waals surface area contributed by atoms with Gasteiger partial charge < -0.3 is 10.2 Å². The second-order valence-electron chi connectivity index (χ2n) is 5.01. The highest BCUT2D eigenvalue weighted by Gasteiger charge is 2.18. The zero-order valence-corrected chi connectivity index (χ0v) is 12.2. The van der Waals surface area contributed by atoms with E-state index in [0.29, 0.717) is 0 Å². The first-order valence-electron chi connectivity index (χ1n) is 6.74. The topological polar surface area (TPSA) is 75.9 Å². The molecule has 0 aromatic carbocycles. The molecule has 0 bridgehead atoms. The van der Waals surface area contributed by atoms with Crippen LogP contribution in [0.15, 0.2) is 32.7 Å². The summed E-state index contributed by atoms with van der Waals surface area (Å²) < 4.78 is 5.32. The second-order valence-corrected chi connectivity index (χ2v) is 6.04. The zero-order valence-electron chi connectivity index (χ0n) is 11.4. The third-order valence-corrected chi connectivity index (χ3v) is 4.72. The lowest BCUT2D eigenvalue weighted by molar-refractivity contribution is 0.527. The number of pyridine rings is 1. The number of aromatic nitrogens is 1. The molecule has 20 heavy (non-hydrogen) atoms. The van der Waals surface area contributed by atoms with E-state index in [1.807, 2.05) is 19.1 Å². The molecule has 0 fully saturated rings. The Hall–Kier alpha value is -1.75. The third-order valence-electron chi connectivity index (χ3n) is 3.57. The van der Waals surface area contributed by atoms with Crippen molar-refractivity contribution in [3.63, 3.8) is 0 Å². The molecule has 3 rings (SSSR count). The zero-order chi connectivity index (χ0) is 14.1. The van der Waals surface area contributed by atoms with Gasteiger partial charge in [0, 0.05) is 11.3 Å². The van der Waals surface area contributed by atoms with E-state index in [0.717, 1.165) is 39.8 Å². The Kier molecular flexibility index (Phi) is 3.53. The molecule has 4 nitrogen and oxygen atoms in total. The Morgan fingerprint density at radius 3 is 2.90 bits per heavy atom. The number of furan rings is 1. The summed E-state index contributed by atoms with van der Waals surface area (Å²) in [6.07, 6.45) is 6.11. The van der Waals surface area contributed by atoms with E-state index in [1.165, 1.54) is 30.2 Å². The van der Waals surface area contributed by atoms with Gasteiger partial charge in [0.1, 0.15) is 16.6 Å². The fraction of sp³-hybridized carbons (Fsp3) is 0.333. The predicted molar refractivity (Wildman–Crippen MR) is 79.5 cm³/mol. The SMILES string of the molecule is Cc1occc1Sc1nc2c(cc1C(=N)N)CCCC2. The molecule has 0 radical (unpaired) electrons. The van der Waals surface area contributed by atoms with Gasteiger partial charge in [0.15, 0.2) is 0 Å². The summed E-state index contributed by atoms with van der Waals surface area (Å²) >= 11 is 1.52. The highest BCUT2D eigenvalue weighted by atomic mass is 32.2. The smallest absolute Gasteiger partial charge is 0.125 e. The maximum absolute atomic E-state index is 7.78. The summed E-state index contributed by atoms with van der Waals surface area (Å²) in [5, 5.41) is 8.59. The average Bonchev–Trinajstić information content (AvgIpc) is 2.83. The lowest BCUT2D eigenvalue weighted by Crippen LogP contribution is -2.16. The van der Waals surface area contributed by atoms with Crippen molar-refractivity contribution in [3.8, 4) is 0 Å². The van der Waals surface area contributed by atoms with Crippen molar-refractivity contribution in [2.75, 3.05) is 0 Å². The minimum atomic E-state index is 0.0783. The standard InChI is InChI=1S/C15H17N3OS/c1-9-13(6-7-19-9)20-15-11(14(16)17)8-10-4-2-3-5-12(10)18-15/h6-8H,2-5H2,1H3,(H3,16,17). The summed E-state index contributed by atoms with van der Waals surface area (Å²) in [6.45, 7) is 1.92. The van der Waals surface area contributed by atoms with E-state index in [2.05, 4.69) is 0 Å². The van der Waals surface area contributed by atoms with Crippen LogP contribution in [0.2, 0.25) is 0 Å². The first-order valence-corrected chi connectivity index (χ1v) is 7.56. The van der Waals surface area contributed by atoms with Gasteiger partial charge in [0.2, 0.25) is 0 Å². The van der Waals surface area contributed by atoms with Crippen LogP contribution in [0.4, 0.5) is 0 Å². The molecule has 1 aliphatic carbocycles. The molecule has 2 aromatic heterocycles. The summed E-state index contributed by atoms with van der Waals surface area (Å²) in [7, 11) is 0. The number of nitrogen functional groups attached to an aromatic ring is 1. The number of amidine groups is 1. The van der Waals surface area contributed by atoms with Crippen molar-refractivity contribution in [3.05, 3.63) is 41.0 Å². The van der Waals surface area contributed by atoms with Crippen LogP contribution in [0.3, 0.4) is 0 Å².